The summed E-state index contributed by atoms with van der Waals surface area (Å²) in [6.45, 7) is 1.81. The Kier molecular flexibility index (Phi) is 8.52. The Bertz CT molecular complexity index is 951. The van der Waals surface area contributed by atoms with E-state index in [1.54, 1.807) is 6.26 Å². The van der Waals surface area contributed by atoms with Gasteiger partial charge in [0.2, 0.25) is 0 Å². The lowest BCUT2D eigenvalue weighted by molar-refractivity contribution is 0.304. The lowest BCUT2D eigenvalue weighted by Gasteiger charge is -2.10. The molecule has 0 radical (unpaired) electrons. The molecule has 0 amide bonds. The summed E-state index contributed by atoms with van der Waals surface area (Å²) >= 11 is 0. The van der Waals surface area contributed by atoms with Crippen LogP contribution in [0.3, 0.4) is 0 Å². The highest BCUT2D eigenvalue weighted by molar-refractivity contribution is 7.51. The number of aryl methyl sites for hydroxylation is 1. The highest BCUT2D eigenvalue weighted by Crippen LogP contribution is 2.34. The quantitative estimate of drug-likeness (QED) is 0.264. The molecule has 7 heteroatoms. The fourth-order valence-corrected chi connectivity index (χ4v) is 4.00. The van der Waals surface area contributed by atoms with Crippen molar-refractivity contribution in [3.05, 3.63) is 65.9 Å². The number of furan rings is 1. The van der Waals surface area contributed by atoms with Gasteiger partial charge in [0.15, 0.2) is 11.3 Å². The van der Waals surface area contributed by atoms with Crippen molar-refractivity contribution >= 4 is 18.6 Å². The summed E-state index contributed by atoms with van der Waals surface area (Å²) < 4.78 is 22.5. The standard InChI is InChI=1S/C23H30NO5P/c25-30(26,27)17-7-14-24-18-20-11-12-22(23-21(20)13-16-29-23)28-15-6-2-5-10-19-8-3-1-4-9-19/h1,3-4,8-9,11-13,16,24H,2,5-7,10,14-15,17-18H2,(H2,25,26,27). The lowest BCUT2D eigenvalue weighted by atomic mass is 10.1. The zero-order valence-electron chi connectivity index (χ0n) is 17.1. The van der Waals surface area contributed by atoms with Crippen molar-refractivity contribution in [1.29, 1.82) is 0 Å². The van der Waals surface area contributed by atoms with E-state index in [-0.39, 0.29) is 6.16 Å². The molecule has 0 saturated carbocycles. The van der Waals surface area contributed by atoms with Crippen molar-refractivity contribution in [1.82, 2.24) is 5.32 Å². The van der Waals surface area contributed by atoms with Gasteiger partial charge >= 0.3 is 7.60 Å². The Labute approximate surface area is 177 Å². The molecule has 3 aromatic rings. The Morgan fingerprint density at radius 2 is 1.80 bits per heavy atom. The summed E-state index contributed by atoms with van der Waals surface area (Å²) in [5.74, 6) is 0.753. The molecule has 3 N–H and O–H groups in total. The smallest absolute Gasteiger partial charge is 0.325 e. The molecule has 30 heavy (non-hydrogen) atoms. The van der Waals surface area contributed by atoms with Crippen molar-refractivity contribution in [3.63, 3.8) is 0 Å². The number of hydrogen-bond acceptors (Lipinski definition) is 4. The van der Waals surface area contributed by atoms with Gasteiger partial charge in [0.05, 0.1) is 19.0 Å². The van der Waals surface area contributed by atoms with Crippen molar-refractivity contribution in [3.8, 4) is 5.75 Å². The molecule has 162 valence electrons. The summed E-state index contributed by atoms with van der Waals surface area (Å²) in [7, 11) is -3.92. The zero-order valence-corrected chi connectivity index (χ0v) is 18.0. The predicted molar refractivity (Wildman–Crippen MR) is 119 cm³/mol. The molecule has 0 bridgehead atoms. The van der Waals surface area contributed by atoms with Gasteiger partial charge in [-0.2, -0.15) is 0 Å². The van der Waals surface area contributed by atoms with E-state index in [2.05, 4.69) is 29.6 Å². The van der Waals surface area contributed by atoms with Gasteiger partial charge in [-0.3, -0.25) is 4.57 Å². The highest BCUT2D eigenvalue weighted by atomic mass is 31.2. The molecule has 1 aromatic heterocycles. The molecule has 0 spiro atoms. The molecule has 0 aliphatic carbocycles. The molecular weight excluding hydrogens is 401 g/mol. The van der Waals surface area contributed by atoms with Gasteiger partial charge in [-0.1, -0.05) is 36.4 Å². The third-order valence-electron chi connectivity index (χ3n) is 5.00. The Balaban J connectivity index is 1.42. The second-order valence-corrected chi connectivity index (χ2v) is 9.23. The summed E-state index contributed by atoms with van der Waals surface area (Å²) in [5.41, 5.74) is 3.19. The highest BCUT2D eigenvalue weighted by Gasteiger charge is 2.12. The van der Waals surface area contributed by atoms with Crippen LogP contribution in [0.4, 0.5) is 0 Å². The Morgan fingerprint density at radius 1 is 0.967 bits per heavy atom. The number of benzene rings is 2. The number of ether oxygens (including phenoxy) is 1. The van der Waals surface area contributed by atoms with Gasteiger partial charge in [-0.15, -0.1) is 0 Å². The number of hydrogen-bond donors (Lipinski definition) is 3. The first kappa shape index (κ1) is 22.6. The monoisotopic (exact) mass is 431 g/mol. The first-order valence-corrected chi connectivity index (χ1v) is 12.2. The molecule has 0 aliphatic heterocycles. The van der Waals surface area contributed by atoms with Crippen molar-refractivity contribution in [2.75, 3.05) is 19.3 Å². The maximum Gasteiger partial charge on any atom is 0.325 e. The largest absolute Gasteiger partial charge is 0.490 e. The van der Waals surface area contributed by atoms with Crippen LogP contribution < -0.4 is 10.1 Å². The summed E-state index contributed by atoms with van der Waals surface area (Å²) in [6, 6.07) is 16.4. The Hall–Kier alpha value is -2.11. The Morgan fingerprint density at radius 3 is 2.60 bits per heavy atom. The molecule has 6 nitrogen and oxygen atoms in total. The molecule has 0 fully saturated rings. The molecule has 1 heterocycles. The van der Waals surface area contributed by atoms with Gasteiger partial charge in [0.25, 0.3) is 0 Å². The average molecular weight is 431 g/mol. The van der Waals surface area contributed by atoms with Gasteiger partial charge in [0, 0.05) is 11.9 Å². The van der Waals surface area contributed by atoms with Crippen LogP contribution in [0.25, 0.3) is 11.0 Å². The van der Waals surface area contributed by atoms with Crippen LogP contribution in [0.15, 0.2) is 59.2 Å². The molecule has 0 aliphatic rings. The van der Waals surface area contributed by atoms with Crippen LogP contribution in [-0.2, 0) is 17.5 Å². The van der Waals surface area contributed by atoms with E-state index in [9.17, 15) is 4.57 Å². The van der Waals surface area contributed by atoms with E-state index < -0.39 is 7.60 Å². The van der Waals surface area contributed by atoms with Crippen molar-refractivity contribution < 1.29 is 23.5 Å². The fourth-order valence-electron chi connectivity index (χ4n) is 3.43. The summed E-state index contributed by atoms with van der Waals surface area (Å²) in [5, 5.41) is 4.23. The second-order valence-electron chi connectivity index (χ2n) is 7.45. The van der Waals surface area contributed by atoms with Crippen molar-refractivity contribution in [2.45, 2.75) is 38.6 Å². The van der Waals surface area contributed by atoms with Gasteiger partial charge < -0.3 is 24.3 Å². The SMILES string of the molecule is O=P(O)(O)CCCNCc1ccc(OCCCCCc2ccccc2)c2occc12. The third kappa shape index (κ3) is 7.29. The molecule has 0 unspecified atom stereocenters. The maximum absolute atomic E-state index is 10.9. The first-order chi connectivity index (χ1) is 14.5. The molecule has 0 saturated heterocycles. The van der Waals surface area contributed by atoms with Crippen LogP contribution in [0, 0.1) is 0 Å². The van der Waals surface area contributed by atoms with E-state index in [0.29, 0.717) is 26.1 Å². The van der Waals surface area contributed by atoms with E-state index in [0.717, 1.165) is 48.0 Å². The van der Waals surface area contributed by atoms with Crippen LogP contribution in [-0.4, -0.2) is 29.1 Å². The molecular formula is C23H30NO5P. The van der Waals surface area contributed by atoms with Crippen LogP contribution >= 0.6 is 7.60 Å². The minimum atomic E-state index is -3.92. The number of unbranched alkanes of at least 4 members (excludes halogenated alkanes) is 2. The number of nitrogens with one attached hydrogen (secondary N) is 1. The van der Waals surface area contributed by atoms with Gasteiger partial charge in [0.1, 0.15) is 0 Å². The summed E-state index contributed by atoms with van der Waals surface area (Å²) in [4.78, 5) is 17.8. The number of rotatable bonds is 13. The van der Waals surface area contributed by atoms with E-state index in [4.69, 9.17) is 18.9 Å². The maximum atomic E-state index is 10.9. The molecule has 0 atom stereocenters. The number of fused-ring (bicyclic) bond motifs is 1. The van der Waals surface area contributed by atoms with Crippen LogP contribution in [0.1, 0.15) is 36.8 Å². The molecule has 2 aromatic carbocycles. The van der Waals surface area contributed by atoms with E-state index >= 15 is 0 Å². The normalized spacial score (nSPS) is 11.8. The summed E-state index contributed by atoms with van der Waals surface area (Å²) in [6.07, 6.45) is 6.36. The topological polar surface area (TPSA) is 91.9 Å². The van der Waals surface area contributed by atoms with E-state index in [1.165, 1.54) is 5.56 Å². The van der Waals surface area contributed by atoms with E-state index in [1.807, 2.05) is 24.3 Å². The average Bonchev–Trinajstić information content (AvgIpc) is 3.21. The fraction of sp³-hybridized carbons (Fsp3) is 0.391. The minimum Gasteiger partial charge on any atom is -0.490 e. The molecule has 3 rings (SSSR count). The van der Waals surface area contributed by atoms with Gasteiger partial charge in [-0.25, -0.2) is 0 Å². The second kappa shape index (κ2) is 11.3. The zero-order chi connectivity index (χ0) is 21.2. The van der Waals surface area contributed by atoms with Gasteiger partial charge in [-0.05, 0) is 61.9 Å². The van der Waals surface area contributed by atoms with Crippen LogP contribution in [0.5, 0.6) is 5.75 Å². The minimum absolute atomic E-state index is 0.0980. The third-order valence-corrected chi connectivity index (χ3v) is 5.90. The lowest BCUT2D eigenvalue weighted by Crippen LogP contribution is -2.16. The predicted octanol–water partition coefficient (Wildman–Crippen LogP) is 4.88. The first-order valence-electron chi connectivity index (χ1n) is 10.4. The van der Waals surface area contributed by atoms with Crippen molar-refractivity contribution in [2.24, 2.45) is 0 Å². The van der Waals surface area contributed by atoms with Crippen LogP contribution in [0.2, 0.25) is 0 Å².